The second-order valence-electron chi connectivity index (χ2n) is 5.21. The Kier molecular flexibility index (Phi) is 3.66. The number of carboxylic acid groups (broad SMARTS) is 1. The molecule has 1 amide bonds. The summed E-state index contributed by atoms with van der Waals surface area (Å²) in [6.45, 7) is 3.76. The highest BCUT2D eigenvalue weighted by atomic mass is 16.4. The molecule has 3 unspecified atom stereocenters. The van der Waals surface area contributed by atoms with E-state index in [1.807, 2.05) is 0 Å². The summed E-state index contributed by atoms with van der Waals surface area (Å²) >= 11 is 0. The summed E-state index contributed by atoms with van der Waals surface area (Å²) in [5, 5.41) is 11.9. The van der Waals surface area contributed by atoms with Crippen LogP contribution >= 0.6 is 0 Å². The number of carbonyl (C=O) groups excluding carboxylic acids is 1. The molecular weight excluding hydrogens is 220 g/mol. The Balaban J connectivity index is 1.83. The number of hydrogen-bond acceptors (Lipinski definition) is 3. The van der Waals surface area contributed by atoms with E-state index >= 15 is 0 Å². The molecule has 0 aromatic heterocycles. The standard InChI is InChI=1S/C12H20N2O3/c1-8-6-9(12(16)17)4-5-14(8)7-10-2-3-11(15)13-10/h8-10H,2-7H2,1H3,(H,13,15)(H,16,17). The van der Waals surface area contributed by atoms with Crippen molar-refractivity contribution in [3.8, 4) is 0 Å². The maximum atomic E-state index is 11.1. The summed E-state index contributed by atoms with van der Waals surface area (Å²) in [7, 11) is 0. The summed E-state index contributed by atoms with van der Waals surface area (Å²) in [5.41, 5.74) is 0. The molecule has 5 nitrogen and oxygen atoms in total. The van der Waals surface area contributed by atoms with Gasteiger partial charge in [0.25, 0.3) is 0 Å². The van der Waals surface area contributed by atoms with Gasteiger partial charge < -0.3 is 10.4 Å². The average molecular weight is 240 g/mol. The Bertz CT molecular complexity index is 319. The average Bonchev–Trinajstić information content (AvgIpc) is 2.67. The molecule has 2 saturated heterocycles. The molecule has 3 atom stereocenters. The van der Waals surface area contributed by atoms with Crippen LogP contribution in [0.2, 0.25) is 0 Å². The predicted molar refractivity (Wildman–Crippen MR) is 62.6 cm³/mol. The number of hydrogen-bond donors (Lipinski definition) is 2. The molecule has 2 aliphatic rings. The fourth-order valence-electron chi connectivity index (χ4n) is 2.81. The monoisotopic (exact) mass is 240 g/mol. The first-order valence-electron chi connectivity index (χ1n) is 6.32. The fourth-order valence-corrected chi connectivity index (χ4v) is 2.81. The third-order valence-corrected chi connectivity index (χ3v) is 3.90. The summed E-state index contributed by atoms with van der Waals surface area (Å²) in [5.74, 6) is -0.729. The number of carboxylic acids is 1. The molecule has 0 bridgehead atoms. The number of likely N-dealkylation sites (tertiary alicyclic amines) is 1. The number of rotatable bonds is 3. The van der Waals surface area contributed by atoms with E-state index in [0.29, 0.717) is 12.5 Å². The number of nitrogens with zero attached hydrogens (tertiary/aromatic N) is 1. The van der Waals surface area contributed by atoms with Crippen LogP contribution in [-0.2, 0) is 9.59 Å². The molecule has 96 valence electrons. The third-order valence-electron chi connectivity index (χ3n) is 3.90. The molecular formula is C12H20N2O3. The smallest absolute Gasteiger partial charge is 0.306 e. The minimum absolute atomic E-state index is 0.142. The maximum Gasteiger partial charge on any atom is 0.306 e. The number of nitrogens with one attached hydrogen (secondary N) is 1. The van der Waals surface area contributed by atoms with Gasteiger partial charge in [-0.05, 0) is 32.7 Å². The second kappa shape index (κ2) is 5.04. The molecule has 17 heavy (non-hydrogen) atoms. The van der Waals surface area contributed by atoms with Gasteiger partial charge in [0.1, 0.15) is 0 Å². The van der Waals surface area contributed by atoms with E-state index < -0.39 is 5.97 Å². The minimum atomic E-state index is -0.675. The van der Waals surface area contributed by atoms with Crippen LogP contribution in [0.15, 0.2) is 0 Å². The van der Waals surface area contributed by atoms with Crippen LogP contribution in [0.3, 0.4) is 0 Å². The summed E-state index contributed by atoms with van der Waals surface area (Å²) in [6.07, 6.45) is 2.98. The quantitative estimate of drug-likeness (QED) is 0.751. The van der Waals surface area contributed by atoms with Crippen LogP contribution < -0.4 is 5.32 Å². The van der Waals surface area contributed by atoms with Crippen molar-refractivity contribution in [3.63, 3.8) is 0 Å². The van der Waals surface area contributed by atoms with Gasteiger partial charge >= 0.3 is 5.97 Å². The summed E-state index contributed by atoms with van der Waals surface area (Å²) in [6, 6.07) is 0.550. The van der Waals surface area contributed by atoms with Gasteiger partial charge in [-0.25, -0.2) is 0 Å². The van der Waals surface area contributed by atoms with Gasteiger partial charge in [-0.15, -0.1) is 0 Å². The van der Waals surface area contributed by atoms with Crippen molar-refractivity contribution in [2.75, 3.05) is 13.1 Å². The van der Waals surface area contributed by atoms with Crippen LogP contribution in [0.25, 0.3) is 0 Å². The largest absolute Gasteiger partial charge is 0.481 e. The zero-order valence-corrected chi connectivity index (χ0v) is 10.2. The van der Waals surface area contributed by atoms with Gasteiger partial charge in [0.15, 0.2) is 0 Å². The lowest BCUT2D eigenvalue weighted by molar-refractivity contribution is -0.144. The highest BCUT2D eigenvalue weighted by Crippen LogP contribution is 2.24. The van der Waals surface area contributed by atoms with Crippen molar-refractivity contribution in [1.82, 2.24) is 10.2 Å². The topological polar surface area (TPSA) is 69.6 Å². The molecule has 0 aliphatic carbocycles. The van der Waals surface area contributed by atoms with E-state index in [-0.39, 0.29) is 17.9 Å². The summed E-state index contributed by atoms with van der Waals surface area (Å²) < 4.78 is 0. The van der Waals surface area contributed by atoms with Gasteiger partial charge in [-0.3, -0.25) is 14.5 Å². The van der Waals surface area contributed by atoms with E-state index in [0.717, 1.165) is 32.4 Å². The fraction of sp³-hybridized carbons (Fsp3) is 0.833. The van der Waals surface area contributed by atoms with E-state index in [2.05, 4.69) is 17.1 Å². The third kappa shape index (κ3) is 2.97. The van der Waals surface area contributed by atoms with E-state index in [1.54, 1.807) is 0 Å². The van der Waals surface area contributed by atoms with Crippen LogP contribution in [0.1, 0.15) is 32.6 Å². The Morgan fingerprint density at radius 3 is 2.82 bits per heavy atom. The molecule has 2 rings (SSSR count). The van der Waals surface area contributed by atoms with Crippen molar-refractivity contribution in [2.24, 2.45) is 5.92 Å². The van der Waals surface area contributed by atoms with Crippen LogP contribution in [0.4, 0.5) is 0 Å². The first-order chi connectivity index (χ1) is 8.06. The number of aliphatic carboxylic acids is 1. The van der Waals surface area contributed by atoms with Gasteiger partial charge in [0.2, 0.25) is 5.91 Å². The lowest BCUT2D eigenvalue weighted by Crippen LogP contribution is -2.48. The van der Waals surface area contributed by atoms with E-state index in [4.69, 9.17) is 5.11 Å². The molecule has 2 aliphatic heterocycles. The Morgan fingerprint density at radius 1 is 1.53 bits per heavy atom. The van der Waals surface area contributed by atoms with Crippen LogP contribution in [0, 0.1) is 5.92 Å². The lowest BCUT2D eigenvalue weighted by atomic mass is 9.91. The maximum absolute atomic E-state index is 11.1. The molecule has 0 aromatic rings. The van der Waals surface area contributed by atoms with Gasteiger partial charge in [-0.2, -0.15) is 0 Å². The van der Waals surface area contributed by atoms with Crippen LogP contribution in [0.5, 0.6) is 0 Å². The Labute approximate surface area is 101 Å². The van der Waals surface area contributed by atoms with E-state index in [9.17, 15) is 9.59 Å². The SMILES string of the molecule is CC1CC(C(=O)O)CCN1CC1CCC(=O)N1. The molecule has 2 fully saturated rings. The Morgan fingerprint density at radius 2 is 2.29 bits per heavy atom. The molecule has 2 N–H and O–H groups in total. The normalized spacial score (nSPS) is 34.6. The van der Waals surface area contributed by atoms with Gasteiger partial charge in [-0.1, -0.05) is 0 Å². The highest BCUT2D eigenvalue weighted by molar-refractivity contribution is 5.78. The molecule has 5 heteroatoms. The summed E-state index contributed by atoms with van der Waals surface area (Å²) in [4.78, 5) is 24.3. The first kappa shape index (κ1) is 12.4. The zero-order chi connectivity index (χ0) is 12.4. The van der Waals surface area contributed by atoms with Crippen LogP contribution in [-0.4, -0.2) is 47.1 Å². The zero-order valence-electron chi connectivity index (χ0n) is 10.2. The van der Waals surface area contributed by atoms with E-state index in [1.165, 1.54) is 0 Å². The first-order valence-corrected chi connectivity index (χ1v) is 6.32. The van der Waals surface area contributed by atoms with Crippen molar-refractivity contribution in [1.29, 1.82) is 0 Å². The second-order valence-corrected chi connectivity index (χ2v) is 5.21. The van der Waals surface area contributed by atoms with Crippen molar-refractivity contribution in [3.05, 3.63) is 0 Å². The van der Waals surface area contributed by atoms with Crippen molar-refractivity contribution < 1.29 is 14.7 Å². The van der Waals surface area contributed by atoms with Crippen molar-refractivity contribution >= 4 is 11.9 Å². The number of carbonyl (C=O) groups is 2. The molecule has 0 spiro atoms. The molecule has 0 aromatic carbocycles. The highest BCUT2D eigenvalue weighted by Gasteiger charge is 2.32. The molecule has 0 saturated carbocycles. The Hall–Kier alpha value is -1.10. The lowest BCUT2D eigenvalue weighted by Gasteiger charge is -2.37. The minimum Gasteiger partial charge on any atom is -0.481 e. The number of amides is 1. The van der Waals surface area contributed by atoms with Gasteiger partial charge in [0.05, 0.1) is 5.92 Å². The van der Waals surface area contributed by atoms with Gasteiger partial charge in [0, 0.05) is 25.0 Å². The van der Waals surface area contributed by atoms with Crippen molar-refractivity contribution in [2.45, 2.75) is 44.7 Å². The number of piperidine rings is 1. The molecule has 2 heterocycles. The predicted octanol–water partition coefficient (Wildman–Crippen LogP) is 0.450. The molecule has 0 radical (unpaired) electrons.